The lowest BCUT2D eigenvalue weighted by Gasteiger charge is -2.26. The Hall–Kier alpha value is -2.12. The number of carbonyl (C=O) groups is 2. The molecular weight excluding hydrogens is 240 g/mol. The molecule has 4 N–H and O–H groups in total. The standard InChI is InChI=1S/C10H16N4O4/c1-3-10(4-2,9(16)17)5-12-8(15)6-7(11)14-18-13-6/h3-5H2,1-2H3,(H2,11,14)(H,12,15)(H,16,17). The molecule has 0 aliphatic heterocycles. The van der Waals surface area contributed by atoms with E-state index in [-0.39, 0.29) is 18.1 Å². The van der Waals surface area contributed by atoms with E-state index in [1.807, 2.05) is 0 Å². The second-order valence-electron chi connectivity index (χ2n) is 3.97. The third kappa shape index (κ3) is 2.58. The van der Waals surface area contributed by atoms with Crippen LogP contribution in [0, 0.1) is 5.41 Å². The Labute approximate surface area is 103 Å². The van der Waals surface area contributed by atoms with Crippen molar-refractivity contribution in [1.82, 2.24) is 15.6 Å². The van der Waals surface area contributed by atoms with E-state index in [9.17, 15) is 14.7 Å². The number of aliphatic carboxylic acids is 1. The first-order valence-electron chi connectivity index (χ1n) is 5.56. The van der Waals surface area contributed by atoms with Gasteiger partial charge in [0.25, 0.3) is 5.91 Å². The van der Waals surface area contributed by atoms with E-state index in [4.69, 9.17) is 5.73 Å². The molecule has 0 aromatic carbocycles. The van der Waals surface area contributed by atoms with E-state index >= 15 is 0 Å². The van der Waals surface area contributed by atoms with E-state index in [1.165, 1.54) is 0 Å². The van der Waals surface area contributed by atoms with Crippen LogP contribution >= 0.6 is 0 Å². The first-order valence-corrected chi connectivity index (χ1v) is 5.56. The number of hydrogen-bond acceptors (Lipinski definition) is 6. The third-order valence-electron chi connectivity index (χ3n) is 3.12. The number of carboxylic acid groups (broad SMARTS) is 1. The van der Waals surface area contributed by atoms with Crippen molar-refractivity contribution in [2.24, 2.45) is 5.41 Å². The normalized spacial score (nSPS) is 11.2. The highest BCUT2D eigenvalue weighted by molar-refractivity contribution is 5.96. The molecule has 1 aromatic heterocycles. The van der Waals surface area contributed by atoms with Crippen LogP contribution in [0.1, 0.15) is 37.2 Å². The monoisotopic (exact) mass is 256 g/mol. The molecule has 0 fully saturated rings. The van der Waals surface area contributed by atoms with Crippen LogP contribution in [0.25, 0.3) is 0 Å². The van der Waals surface area contributed by atoms with E-state index in [0.29, 0.717) is 12.8 Å². The summed E-state index contributed by atoms with van der Waals surface area (Å²) in [6.45, 7) is 3.52. The average molecular weight is 256 g/mol. The first kappa shape index (κ1) is 13.9. The summed E-state index contributed by atoms with van der Waals surface area (Å²) in [6, 6.07) is 0. The fraction of sp³-hybridized carbons (Fsp3) is 0.600. The number of rotatable bonds is 6. The molecule has 100 valence electrons. The summed E-state index contributed by atoms with van der Waals surface area (Å²) >= 11 is 0. The van der Waals surface area contributed by atoms with Gasteiger partial charge in [-0.2, -0.15) is 0 Å². The topological polar surface area (TPSA) is 131 Å². The third-order valence-corrected chi connectivity index (χ3v) is 3.12. The zero-order chi connectivity index (χ0) is 13.8. The molecule has 1 aromatic rings. The van der Waals surface area contributed by atoms with Gasteiger partial charge in [-0.1, -0.05) is 13.8 Å². The number of nitrogen functional groups attached to an aromatic ring is 1. The zero-order valence-corrected chi connectivity index (χ0v) is 10.3. The number of carbonyl (C=O) groups excluding carboxylic acids is 1. The van der Waals surface area contributed by atoms with E-state index in [2.05, 4.69) is 20.3 Å². The van der Waals surface area contributed by atoms with Crippen molar-refractivity contribution in [1.29, 1.82) is 0 Å². The van der Waals surface area contributed by atoms with Crippen LogP contribution in [0.15, 0.2) is 4.63 Å². The lowest BCUT2D eigenvalue weighted by Crippen LogP contribution is -2.42. The minimum atomic E-state index is -0.985. The molecule has 1 heterocycles. The van der Waals surface area contributed by atoms with E-state index in [1.54, 1.807) is 13.8 Å². The number of carboxylic acids is 1. The van der Waals surface area contributed by atoms with Gasteiger partial charge in [-0.15, -0.1) is 0 Å². The summed E-state index contributed by atoms with van der Waals surface area (Å²) in [5.41, 5.74) is 4.24. The highest BCUT2D eigenvalue weighted by Crippen LogP contribution is 2.25. The first-order chi connectivity index (χ1) is 8.46. The molecule has 0 saturated heterocycles. The van der Waals surface area contributed by atoms with Gasteiger partial charge in [-0.25, -0.2) is 4.63 Å². The van der Waals surface area contributed by atoms with Crippen LogP contribution in [0.2, 0.25) is 0 Å². The van der Waals surface area contributed by atoms with Crippen molar-refractivity contribution in [2.45, 2.75) is 26.7 Å². The van der Waals surface area contributed by atoms with Crippen LogP contribution in [-0.4, -0.2) is 33.8 Å². The number of nitrogens with zero attached hydrogens (tertiary/aromatic N) is 2. The molecule has 0 saturated carbocycles. The van der Waals surface area contributed by atoms with Gasteiger partial charge in [0.1, 0.15) is 0 Å². The molecule has 0 aliphatic rings. The lowest BCUT2D eigenvalue weighted by molar-refractivity contribution is -0.149. The van der Waals surface area contributed by atoms with Gasteiger partial charge < -0.3 is 16.2 Å². The molecule has 8 heteroatoms. The summed E-state index contributed by atoms with van der Waals surface area (Å²) in [5.74, 6) is -1.67. The van der Waals surface area contributed by atoms with Crippen molar-refractivity contribution in [3.63, 3.8) is 0 Å². The summed E-state index contributed by atoms with van der Waals surface area (Å²) in [6.07, 6.45) is 0.817. The van der Waals surface area contributed by atoms with Crippen molar-refractivity contribution < 1.29 is 19.3 Å². The number of anilines is 1. The van der Waals surface area contributed by atoms with Gasteiger partial charge in [0, 0.05) is 6.54 Å². The molecule has 18 heavy (non-hydrogen) atoms. The van der Waals surface area contributed by atoms with Gasteiger partial charge in [0.2, 0.25) is 11.5 Å². The van der Waals surface area contributed by atoms with Crippen molar-refractivity contribution >= 4 is 17.7 Å². The summed E-state index contributed by atoms with van der Waals surface area (Å²) in [4.78, 5) is 22.9. The van der Waals surface area contributed by atoms with Crippen LogP contribution in [0.4, 0.5) is 5.82 Å². The molecule has 1 amide bonds. The molecule has 0 radical (unpaired) electrons. The quantitative estimate of drug-likeness (QED) is 0.665. The van der Waals surface area contributed by atoms with Crippen molar-refractivity contribution in [3.8, 4) is 0 Å². The maximum atomic E-state index is 11.7. The molecule has 0 unspecified atom stereocenters. The molecule has 1 rings (SSSR count). The van der Waals surface area contributed by atoms with Crippen LogP contribution in [-0.2, 0) is 4.79 Å². The van der Waals surface area contributed by atoms with Gasteiger partial charge >= 0.3 is 5.97 Å². The average Bonchev–Trinajstić information content (AvgIpc) is 2.77. The van der Waals surface area contributed by atoms with Crippen LogP contribution < -0.4 is 11.1 Å². The Bertz CT molecular complexity index is 439. The maximum absolute atomic E-state index is 11.7. The number of nitrogens with two attached hydrogens (primary N) is 1. The Morgan fingerprint density at radius 1 is 1.39 bits per heavy atom. The summed E-state index contributed by atoms with van der Waals surface area (Å²) in [7, 11) is 0. The maximum Gasteiger partial charge on any atom is 0.311 e. The van der Waals surface area contributed by atoms with E-state index in [0.717, 1.165) is 0 Å². The Morgan fingerprint density at radius 3 is 2.39 bits per heavy atom. The number of aromatic nitrogens is 2. The smallest absolute Gasteiger partial charge is 0.311 e. The van der Waals surface area contributed by atoms with Gasteiger partial charge in [-0.05, 0) is 23.2 Å². The van der Waals surface area contributed by atoms with Crippen LogP contribution in [0.5, 0.6) is 0 Å². The molecule has 8 nitrogen and oxygen atoms in total. The second kappa shape index (κ2) is 5.48. The minimum absolute atomic E-state index is 0.000463. The van der Waals surface area contributed by atoms with Gasteiger partial charge in [-0.3, -0.25) is 9.59 Å². The number of amides is 1. The largest absolute Gasteiger partial charge is 0.481 e. The summed E-state index contributed by atoms with van der Waals surface area (Å²) < 4.78 is 4.30. The zero-order valence-electron chi connectivity index (χ0n) is 10.3. The predicted octanol–water partition coefficient (Wildman–Crippen LogP) is 0.273. The SMILES string of the molecule is CCC(CC)(CNC(=O)c1nonc1N)C(=O)O. The Balaban J connectivity index is 2.72. The second-order valence-corrected chi connectivity index (χ2v) is 3.97. The lowest BCUT2D eigenvalue weighted by atomic mass is 9.82. The number of hydrogen-bond donors (Lipinski definition) is 3. The molecule has 0 bridgehead atoms. The Kier molecular flexibility index (Phi) is 4.24. The highest BCUT2D eigenvalue weighted by atomic mass is 16.6. The molecule has 0 spiro atoms. The molecule has 0 aliphatic carbocycles. The molecular formula is C10H16N4O4. The van der Waals surface area contributed by atoms with Gasteiger partial charge in [0.05, 0.1) is 5.41 Å². The fourth-order valence-electron chi connectivity index (χ4n) is 1.56. The number of nitrogens with one attached hydrogen (secondary N) is 1. The van der Waals surface area contributed by atoms with E-state index < -0.39 is 17.3 Å². The highest BCUT2D eigenvalue weighted by Gasteiger charge is 2.35. The summed E-state index contributed by atoms with van der Waals surface area (Å²) in [5, 5.41) is 18.3. The predicted molar refractivity (Wildman–Crippen MR) is 61.7 cm³/mol. The Morgan fingerprint density at radius 2 is 2.00 bits per heavy atom. The van der Waals surface area contributed by atoms with Crippen molar-refractivity contribution in [3.05, 3.63) is 5.69 Å². The minimum Gasteiger partial charge on any atom is -0.481 e. The fourth-order valence-corrected chi connectivity index (χ4v) is 1.56. The van der Waals surface area contributed by atoms with Crippen LogP contribution in [0.3, 0.4) is 0 Å². The van der Waals surface area contributed by atoms with Gasteiger partial charge in [0.15, 0.2) is 0 Å². The van der Waals surface area contributed by atoms with Crippen molar-refractivity contribution in [2.75, 3.05) is 12.3 Å². The molecule has 0 atom stereocenters.